The minimum atomic E-state index is -0.0135. The van der Waals surface area contributed by atoms with Crippen molar-refractivity contribution in [1.82, 2.24) is 9.80 Å². The minimum absolute atomic E-state index is 0.0135. The van der Waals surface area contributed by atoms with Crippen molar-refractivity contribution in [3.63, 3.8) is 0 Å². The van der Waals surface area contributed by atoms with E-state index in [1.807, 2.05) is 23.1 Å². The maximum Gasteiger partial charge on any atom is 0.322 e. The maximum absolute atomic E-state index is 12.8. The standard InChI is InChI=1S/C19H26N4O2/c1-13-11-21-8-3-4-17(21)12-23(13)19(25)20-16-5-6-18-15(10-16)7-9-22(18)14(2)24/h5-6,10,13,17H,3-4,7-9,11-12H2,1-2H3,(H,20,25). The molecule has 0 bridgehead atoms. The molecular formula is C19H26N4O2. The highest BCUT2D eigenvalue weighted by Gasteiger charge is 2.36. The molecule has 3 aliphatic heterocycles. The quantitative estimate of drug-likeness (QED) is 0.852. The summed E-state index contributed by atoms with van der Waals surface area (Å²) in [6, 6.07) is 6.59. The van der Waals surface area contributed by atoms with Gasteiger partial charge in [0.05, 0.1) is 0 Å². The van der Waals surface area contributed by atoms with E-state index in [-0.39, 0.29) is 18.0 Å². The monoisotopic (exact) mass is 342 g/mol. The lowest BCUT2D eigenvalue weighted by molar-refractivity contribution is -0.116. The van der Waals surface area contributed by atoms with Crippen LogP contribution in [0.1, 0.15) is 32.3 Å². The number of carbonyl (C=O) groups is 2. The van der Waals surface area contributed by atoms with Gasteiger partial charge in [0.2, 0.25) is 5.91 Å². The van der Waals surface area contributed by atoms with Crippen LogP contribution in [0, 0.1) is 0 Å². The Kier molecular flexibility index (Phi) is 4.15. The van der Waals surface area contributed by atoms with E-state index in [2.05, 4.69) is 17.1 Å². The van der Waals surface area contributed by atoms with Crippen LogP contribution in [0.5, 0.6) is 0 Å². The minimum Gasteiger partial charge on any atom is -0.319 e. The number of benzene rings is 1. The molecule has 6 nitrogen and oxygen atoms in total. The van der Waals surface area contributed by atoms with Gasteiger partial charge in [0.15, 0.2) is 0 Å². The largest absolute Gasteiger partial charge is 0.322 e. The van der Waals surface area contributed by atoms with Crippen LogP contribution >= 0.6 is 0 Å². The van der Waals surface area contributed by atoms with Crippen molar-refractivity contribution >= 4 is 23.3 Å². The van der Waals surface area contributed by atoms with Crippen molar-refractivity contribution < 1.29 is 9.59 Å². The molecule has 0 aromatic heterocycles. The van der Waals surface area contributed by atoms with Gasteiger partial charge in [0, 0.05) is 50.0 Å². The molecule has 1 aromatic rings. The first-order valence-corrected chi connectivity index (χ1v) is 9.25. The molecule has 25 heavy (non-hydrogen) atoms. The highest BCUT2D eigenvalue weighted by Crippen LogP contribution is 2.31. The first-order chi connectivity index (χ1) is 12.0. The Labute approximate surface area is 148 Å². The fourth-order valence-electron chi connectivity index (χ4n) is 4.47. The molecule has 3 heterocycles. The van der Waals surface area contributed by atoms with Gasteiger partial charge in [-0.2, -0.15) is 0 Å². The Morgan fingerprint density at radius 2 is 2.04 bits per heavy atom. The van der Waals surface area contributed by atoms with Gasteiger partial charge < -0.3 is 15.1 Å². The number of rotatable bonds is 1. The van der Waals surface area contributed by atoms with E-state index in [9.17, 15) is 9.59 Å². The summed E-state index contributed by atoms with van der Waals surface area (Å²) < 4.78 is 0. The third-order valence-electron chi connectivity index (χ3n) is 5.80. The molecule has 2 atom stereocenters. The van der Waals surface area contributed by atoms with E-state index in [1.54, 1.807) is 11.8 Å². The summed E-state index contributed by atoms with van der Waals surface area (Å²) in [5.74, 6) is 0.0683. The smallest absolute Gasteiger partial charge is 0.319 e. The van der Waals surface area contributed by atoms with E-state index in [0.29, 0.717) is 6.04 Å². The zero-order valence-corrected chi connectivity index (χ0v) is 15.0. The summed E-state index contributed by atoms with van der Waals surface area (Å²) in [4.78, 5) is 30.7. The first-order valence-electron chi connectivity index (χ1n) is 9.25. The molecule has 1 aromatic carbocycles. The molecule has 3 amide bonds. The Morgan fingerprint density at radius 3 is 2.84 bits per heavy atom. The van der Waals surface area contributed by atoms with Crippen molar-refractivity contribution in [1.29, 1.82) is 0 Å². The molecular weight excluding hydrogens is 316 g/mol. The highest BCUT2D eigenvalue weighted by molar-refractivity contribution is 5.95. The molecule has 4 rings (SSSR count). The average molecular weight is 342 g/mol. The lowest BCUT2D eigenvalue weighted by Gasteiger charge is -2.42. The molecule has 2 saturated heterocycles. The number of nitrogens with zero attached hydrogens (tertiary/aromatic N) is 3. The number of hydrogen-bond acceptors (Lipinski definition) is 3. The molecule has 0 radical (unpaired) electrons. The summed E-state index contributed by atoms with van der Waals surface area (Å²) in [6.45, 7) is 7.40. The normalized spacial score (nSPS) is 25.7. The van der Waals surface area contributed by atoms with E-state index in [1.165, 1.54) is 19.4 Å². The van der Waals surface area contributed by atoms with Crippen molar-refractivity contribution in [2.45, 2.75) is 45.2 Å². The number of anilines is 2. The molecule has 0 aliphatic carbocycles. The lowest BCUT2D eigenvalue weighted by atomic mass is 10.1. The average Bonchev–Trinajstić information content (AvgIpc) is 3.19. The zero-order valence-electron chi connectivity index (χ0n) is 15.0. The van der Waals surface area contributed by atoms with Crippen molar-refractivity contribution in [2.75, 3.05) is 36.4 Å². The van der Waals surface area contributed by atoms with Crippen molar-refractivity contribution in [3.8, 4) is 0 Å². The Hall–Kier alpha value is -2.08. The highest BCUT2D eigenvalue weighted by atomic mass is 16.2. The molecule has 1 N–H and O–H groups in total. The number of nitrogens with one attached hydrogen (secondary N) is 1. The number of hydrogen-bond donors (Lipinski definition) is 1. The number of piperazine rings is 1. The molecule has 0 spiro atoms. The summed E-state index contributed by atoms with van der Waals surface area (Å²) in [5, 5.41) is 3.06. The van der Waals surface area contributed by atoms with Gasteiger partial charge in [-0.05, 0) is 56.5 Å². The van der Waals surface area contributed by atoms with Gasteiger partial charge in [-0.3, -0.25) is 9.69 Å². The molecule has 6 heteroatoms. The van der Waals surface area contributed by atoms with Crippen LogP contribution in [0.4, 0.5) is 16.2 Å². The van der Waals surface area contributed by atoms with Gasteiger partial charge in [-0.25, -0.2) is 4.79 Å². The predicted molar refractivity (Wildman–Crippen MR) is 98.0 cm³/mol. The van der Waals surface area contributed by atoms with Gasteiger partial charge in [-0.1, -0.05) is 0 Å². The van der Waals surface area contributed by atoms with E-state index >= 15 is 0 Å². The van der Waals surface area contributed by atoms with Crippen LogP contribution < -0.4 is 10.2 Å². The number of amides is 3. The summed E-state index contributed by atoms with van der Waals surface area (Å²) in [6.07, 6.45) is 3.27. The lowest BCUT2D eigenvalue weighted by Crippen LogP contribution is -2.57. The number of fused-ring (bicyclic) bond motifs is 2. The fraction of sp³-hybridized carbons (Fsp3) is 0.579. The van der Waals surface area contributed by atoms with Gasteiger partial charge in [-0.15, -0.1) is 0 Å². The Balaban J connectivity index is 1.45. The fourth-order valence-corrected chi connectivity index (χ4v) is 4.47. The molecule has 2 fully saturated rings. The second-order valence-electron chi connectivity index (χ2n) is 7.49. The van der Waals surface area contributed by atoms with E-state index in [4.69, 9.17) is 0 Å². The molecule has 134 valence electrons. The van der Waals surface area contributed by atoms with Gasteiger partial charge in [0.1, 0.15) is 0 Å². The Bertz CT molecular complexity index is 705. The van der Waals surface area contributed by atoms with Crippen LogP contribution in [-0.4, -0.2) is 60.0 Å². The van der Waals surface area contributed by atoms with Crippen molar-refractivity contribution in [2.24, 2.45) is 0 Å². The summed E-state index contributed by atoms with van der Waals surface area (Å²) in [7, 11) is 0. The van der Waals surface area contributed by atoms with E-state index in [0.717, 1.165) is 43.0 Å². The van der Waals surface area contributed by atoms with Crippen molar-refractivity contribution in [3.05, 3.63) is 23.8 Å². The third-order valence-corrected chi connectivity index (χ3v) is 5.80. The topological polar surface area (TPSA) is 55.9 Å². The van der Waals surface area contributed by atoms with Crippen LogP contribution in [-0.2, 0) is 11.2 Å². The first kappa shape index (κ1) is 16.4. The van der Waals surface area contributed by atoms with Gasteiger partial charge in [0.25, 0.3) is 0 Å². The number of carbonyl (C=O) groups excluding carboxylic acids is 2. The second-order valence-corrected chi connectivity index (χ2v) is 7.49. The van der Waals surface area contributed by atoms with E-state index < -0.39 is 0 Å². The molecule has 3 aliphatic rings. The predicted octanol–water partition coefficient (Wildman–Crippen LogP) is 2.30. The molecule has 2 unspecified atom stereocenters. The SMILES string of the molecule is CC(=O)N1CCc2cc(NC(=O)N3CC4CCCN4CC3C)ccc21. The van der Waals surface area contributed by atoms with Crippen LogP contribution in [0.2, 0.25) is 0 Å². The second kappa shape index (κ2) is 6.33. The third kappa shape index (κ3) is 2.99. The number of urea groups is 1. The maximum atomic E-state index is 12.8. The summed E-state index contributed by atoms with van der Waals surface area (Å²) >= 11 is 0. The van der Waals surface area contributed by atoms with Crippen LogP contribution in [0.3, 0.4) is 0 Å². The molecule has 0 saturated carbocycles. The van der Waals surface area contributed by atoms with Crippen LogP contribution in [0.25, 0.3) is 0 Å². The zero-order chi connectivity index (χ0) is 17.6. The summed E-state index contributed by atoms with van der Waals surface area (Å²) in [5.41, 5.74) is 2.91. The van der Waals surface area contributed by atoms with Crippen LogP contribution in [0.15, 0.2) is 18.2 Å². The van der Waals surface area contributed by atoms with Gasteiger partial charge >= 0.3 is 6.03 Å². The Morgan fingerprint density at radius 1 is 1.20 bits per heavy atom.